The molecule has 0 aliphatic heterocycles. The van der Waals surface area contributed by atoms with Crippen molar-refractivity contribution in [3.05, 3.63) is 90.0 Å². The average Bonchev–Trinajstić information content (AvgIpc) is 2.95. The van der Waals surface area contributed by atoms with Crippen molar-refractivity contribution in [2.24, 2.45) is 0 Å². The average molecular weight is 284 g/mol. The lowest BCUT2D eigenvalue weighted by molar-refractivity contribution is 0.477. The molecule has 22 heavy (non-hydrogen) atoms. The molecule has 1 nitrogen and oxygen atoms in total. The summed E-state index contributed by atoms with van der Waals surface area (Å²) in [5.41, 5.74) is 6.23. The highest BCUT2D eigenvalue weighted by Crippen LogP contribution is 2.44. The minimum atomic E-state index is 0.856. The second-order valence-corrected chi connectivity index (χ2v) is 5.46. The van der Waals surface area contributed by atoms with Crippen molar-refractivity contribution in [1.82, 2.24) is 0 Å². The molecular weight excluding hydrogens is 268 g/mol. The van der Waals surface area contributed by atoms with Crippen molar-refractivity contribution >= 4 is 6.08 Å². The van der Waals surface area contributed by atoms with E-state index in [0.717, 1.165) is 23.5 Å². The van der Waals surface area contributed by atoms with Gasteiger partial charge in [0.05, 0.1) is 0 Å². The van der Waals surface area contributed by atoms with Crippen LogP contribution in [0.3, 0.4) is 0 Å². The van der Waals surface area contributed by atoms with Crippen LogP contribution in [0.2, 0.25) is 0 Å². The minimum Gasteiger partial charge on any atom is -0.456 e. The van der Waals surface area contributed by atoms with Crippen LogP contribution in [0.4, 0.5) is 0 Å². The van der Waals surface area contributed by atoms with Gasteiger partial charge in [0, 0.05) is 17.5 Å². The number of hydrogen-bond donors (Lipinski definition) is 0. The summed E-state index contributed by atoms with van der Waals surface area (Å²) in [7, 11) is 0. The van der Waals surface area contributed by atoms with Gasteiger partial charge in [-0.05, 0) is 28.8 Å². The van der Waals surface area contributed by atoms with Gasteiger partial charge in [-0.25, -0.2) is 0 Å². The first-order valence-electron chi connectivity index (χ1n) is 7.46. The molecule has 3 aromatic carbocycles. The maximum absolute atomic E-state index is 6.20. The van der Waals surface area contributed by atoms with Crippen molar-refractivity contribution in [3.8, 4) is 22.6 Å². The summed E-state index contributed by atoms with van der Waals surface area (Å²) in [5.74, 6) is 1.78. The summed E-state index contributed by atoms with van der Waals surface area (Å²) in [6.45, 7) is 3.93. The number of fused-ring (bicyclic) bond motifs is 3. The van der Waals surface area contributed by atoms with Crippen LogP contribution in [0.1, 0.15) is 16.7 Å². The lowest BCUT2D eigenvalue weighted by Gasteiger charge is -2.14. The molecule has 0 heterocycles. The summed E-state index contributed by atoms with van der Waals surface area (Å²) in [6.07, 6.45) is 2.77. The summed E-state index contributed by atoms with van der Waals surface area (Å²) < 4.78 is 6.20. The van der Waals surface area contributed by atoms with E-state index in [4.69, 9.17) is 4.74 Å². The fraction of sp³-hybridized carbons (Fsp3) is 0.0476. The Kier molecular flexibility index (Phi) is 3.05. The molecule has 1 aliphatic carbocycles. The molecule has 0 bridgehead atoms. The first-order valence-corrected chi connectivity index (χ1v) is 7.46. The van der Waals surface area contributed by atoms with E-state index in [0.29, 0.717) is 0 Å². The third-order valence-corrected chi connectivity index (χ3v) is 4.15. The third-order valence-electron chi connectivity index (χ3n) is 4.15. The van der Waals surface area contributed by atoms with Crippen molar-refractivity contribution in [2.45, 2.75) is 6.42 Å². The van der Waals surface area contributed by atoms with Gasteiger partial charge in [-0.1, -0.05) is 67.3 Å². The third kappa shape index (κ3) is 2.03. The fourth-order valence-corrected chi connectivity index (χ4v) is 3.09. The van der Waals surface area contributed by atoms with Crippen LogP contribution in [-0.2, 0) is 6.42 Å². The molecular formula is C21H16O. The normalized spacial score (nSPS) is 11.6. The van der Waals surface area contributed by atoms with Crippen LogP contribution < -0.4 is 4.74 Å². The van der Waals surface area contributed by atoms with Crippen LogP contribution in [0, 0.1) is 0 Å². The highest BCUT2D eigenvalue weighted by Gasteiger charge is 2.23. The van der Waals surface area contributed by atoms with Gasteiger partial charge in [-0.2, -0.15) is 0 Å². The molecule has 0 N–H and O–H groups in total. The van der Waals surface area contributed by atoms with Gasteiger partial charge in [0.2, 0.25) is 0 Å². The van der Waals surface area contributed by atoms with Crippen LogP contribution in [0.15, 0.2) is 73.3 Å². The van der Waals surface area contributed by atoms with Crippen LogP contribution in [-0.4, -0.2) is 0 Å². The monoisotopic (exact) mass is 284 g/mol. The fourth-order valence-electron chi connectivity index (χ4n) is 3.09. The zero-order valence-electron chi connectivity index (χ0n) is 12.3. The molecule has 1 heteroatoms. The molecule has 0 saturated heterocycles. The van der Waals surface area contributed by atoms with Crippen molar-refractivity contribution in [1.29, 1.82) is 0 Å². The summed E-state index contributed by atoms with van der Waals surface area (Å²) in [5, 5.41) is 0. The number of para-hydroxylation sites is 1. The Bertz CT molecular complexity index is 847. The van der Waals surface area contributed by atoms with Gasteiger partial charge in [-0.15, -0.1) is 0 Å². The second kappa shape index (κ2) is 5.19. The Balaban J connectivity index is 1.86. The molecule has 106 valence electrons. The quantitative estimate of drug-likeness (QED) is 0.469. The smallest absolute Gasteiger partial charge is 0.138 e. The lowest BCUT2D eigenvalue weighted by atomic mass is 10.0. The maximum Gasteiger partial charge on any atom is 0.138 e. The highest BCUT2D eigenvalue weighted by molar-refractivity contribution is 5.81. The van der Waals surface area contributed by atoms with E-state index in [2.05, 4.69) is 43.0 Å². The molecule has 4 rings (SSSR count). The SMILES string of the molecule is C=Cc1ccc2c(c1Oc1ccccc1)Cc1ccccc1-2. The molecule has 0 amide bonds. The van der Waals surface area contributed by atoms with Gasteiger partial charge in [0.1, 0.15) is 11.5 Å². The highest BCUT2D eigenvalue weighted by atomic mass is 16.5. The predicted octanol–water partition coefficient (Wildman–Crippen LogP) is 5.69. The predicted molar refractivity (Wildman–Crippen MR) is 91.3 cm³/mol. The Morgan fingerprint density at radius 2 is 1.59 bits per heavy atom. The Hall–Kier alpha value is -2.80. The maximum atomic E-state index is 6.20. The van der Waals surface area contributed by atoms with E-state index in [-0.39, 0.29) is 0 Å². The molecule has 3 aromatic rings. The zero-order chi connectivity index (χ0) is 14.9. The van der Waals surface area contributed by atoms with Gasteiger partial charge < -0.3 is 4.74 Å². The first kappa shape index (κ1) is 12.9. The molecule has 0 saturated carbocycles. The second-order valence-electron chi connectivity index (χ2n) is 5.46. The summed E-state index contributed by atoms with van der Waals surface area (Å²) in [4.78, 5) is 0. The van der Waals surface area contributed by atoms with Crippen molar-refractivity contribution in [2.75, 3.05) is 0 Å². The van der Waals surface area contributed by atoms with Crippen LogP contribution in [0.5, 0.6) is 11.5 Å². The van der Waals surface area contributed by atoms with E-state index in [1.54, 1.807) is 0 Å². The number of benzene rings is 3. The topological polar surface area (TPSA) is 9.23 Å². The number of ether oxygens (including phenoxy) is 1. The van der Waals surface area contributed by atoms with Gasteiger partial charge in [0.15, 0.2) is 0 Å². The first-order chi connectivity index (χ1) is 10.9. The van der Waals surface area contributed by atoms with Gasteiger partial charge in [-0.3, -0.25) is 0 Å². The molecule has 0 atom stereocenters. The van der Waals surface area contributed by atoms with Gasteiger partial charge >= 0.3 is 0 Å². The lowest BCUT2D eigenvalue weighted by Crippen LogP contribution is -1.93. The Morgan fingerprint density at radius 1 is 0.818 bits per heavy atom. The standard InChI is InChI=1S/C21H16O/c1-2-15-12-13-19-18-11-7-6-8-16(18)14-20(19)21(15)22-17-9-4-3-5-10-17/h2-13H,1,14H2. The summed E-state index contributed by atoms with van der Waals surface area (Å²) >= 11 is 0. The van der Waals surface area contributed by atoms with Crippen LogP contribution in [0.25, 0.3) is 17.2 Å². The molecule has 0 fully saturated rings. The van der Waals surface area contributed by atoms with E-state index in [9.17, 15) is 0 Å². The summed E-state index contributed by atoms with van der Waals surface area (Å²) in [6, 6.07) is 22.7. The molecule has 0 unspecified atom stereocenters. The largest absolute Gasteiger partial charge is 0.456 e. The van der Waals surface area contributed by atoms with Crippen molar-refractivity contribution < 1.29 is 4.74 Å². The van der Waals surface area contributed by atoms with Crippen LogP contribution >= 0.6 is 0 Å². The number of hydrogen-bond acceptors (Lipinski definition) is 1. The Morgan fingerprint density at radius 3 is 2.41 bits per heavy atom. The molecule has 0 spiro atoms. The molecule has 0 radical (unpaired) electrons. The number of rotatable bonds is 3. The van der Waals surface area contributed by atoms with E-state index < -0.39 is 0 Å². The van der Waals surface area contributed by atoms with Crippen molar-refractivity contribution in [3.63, 3.8) is 0 Å². The molecule has 0 aromatic heterocycles. The zero-order valence-corrected chi connectivity index (χ0v) is 12.3. The van der Waals surface area contributed by atoms with E-state index in [1.807, 2.05) is 36.4 Å². The minimum absolute atomic E-state index is 0.856. The van der Waals surface area contributed by atoms with E-state index in [1.165, 1.54) is 22.3 Å². The Labute approximate surface area is 130 Å². The molecule has 1 aliphatic rings. The van der Waals surface area contributed by atoms with Gasteiger partial charge in [0.25, 0.3) is 0 Å². The van der Waals surface area contributed by atoms with E-state index >= 15 is 0 Å².